The maximum atomic E-state index is 12.4. The van der Waals surface area contributed by atoms with Gasteiger partial charge in [-0.3, -0.25) is 4.79 Å². The Morgan fingerprint density at radius 3 is 2.68 bits per heavy atom. The number of aliphatic hydroxyl groups is 1. The maximum Gasteiger partial charge on any atom is 0.322 e. The molecule has 22 heavy (non-hydrogen) atoms. The van der Waals surface area contributed by atoms with Crippen LogP contribution in [-0.2, 0) is 6.42 Å². The molecule has 1 aromatic rings. The minimum atomic E-state index is -0.585. The number of aryl methyl sites for hydroxylation is 1. The van der Waals surface area contributed by atoms with Crippen LogP contribution in [0.25, 0.3) is 0 Å². The molecule has 0 radical (unpaired) electrons. The van der Waals surface area contributed by atoms with E-state index >= 15 is 0 Å². The Hall–Kier alpha value is -1.88. The number of benzene rings is 1. The maximum absolute atomic E-state index is 12.4. The Labute approximate surface area is 131 Å². The van der Waals surface area contributed by atoms with E-state index in [9.17, 15) is 14.7 Å². The van der Waals surface area contributed by atoms with Gasteiger partial charge < -0.3 is 15.3 Å². The number of nitrogens with one attached hydrogen (secondary N) is 1. The second kappa shape index (κ2) is 6.92. The molecule has 0 heterocycles. The van der Waals surface area contributed by atoms with Crippen LogP contribution in [0.3, 0.4) is 0 Å². The number of hydrogen-bond acceptors (Lipinski definition) is 3. The van der Waals surface area contributed by atoms with Crippen LogP contribution in [0.1, 0.15) is 49.5 Å². The Balaban J connectivity index is 2.14. The fraction of sp³-hybridized carbons (Fsp3) is 0.529. The monoisotopic (exact) mass is 304 g/mol. The average Bonchev–Trinajstić information content (AvgIpc) is 2.45. The number of Topliss-reactive ketones (excluding diaryl/α,β-unsaturated/α-hetero) is 1. The molecule has 0 saturated heterocycles. The van der Waals surface area contributed by atoms with Gasteiger partial charge in [-0.25, -0.2) is 4.79 Å². The molecule has 0 aromatic heterocycles. The summed E-state index contributed by atoms with van der Waals surface area (Å²) < 4.78 is 0. The van der Waals surface area contributed by atoms with Crippen molar-refractivity contribution in [1.82, 2.24) is 4.90 Å². The zero-order valence-corrected chi connectivity index (χ0v) is 13.4. The minimum Gasteiger partial charge on any atom is -0.392 e. The summed E-state index contributed by atoms with van der Waals surface area (Å²) in [7, 11) is 0. The number of aliphatic hydroxyl groups excluding tert-OH is 1. The first kappa shape index (κ1) is 16.5. The Morgan fingerprint density at radius 1 is 1.32 bits per heavy atom. The normalized spacial score (nSPS) is 15.4. The van der Waals surface area contributed by atoms with Crippen molar-refractivity contribution in [2.24, 2.45) is 0 Å². The van der Waals surface area contributed by atoms with Crippen molar-refractivity contribution in [2.75, 3.05) is 11.9 Å². The SMILES string of the molecule is CC(O)CN(C(=O)Nc1ccc2c(c1)C(=O)CCC2)C(C)C. The summed E-state index contributed by atoms with van der Waals surface area (Å²) in [6.07, 6.45) is 1.80. The van der Waals surface area contributed by atoms with Gasteiger partial charge in [-0.15, -0.1) is 0 Å². The molecule has 5 heteroatoms. The number of nitrogens with zero attached hydrogens (tertiary/aromatic N) is 1. The standard InChI is InChI=1S/C17H24N2O3/c1-11(2)19(10-12(3)20)17(22)18-14-8-7-13-5-4-6-16(21)15(13)9-14/h7-9,11-12,20H,4-6,10H2,1-3H3,(H,18,22). The number of rotatable bonds is 4. The van der Waals surface area contributed by atoms with E-state index in [1.165, 1.54) is 0 Å². The summed E-state index contributed by atoms with van der Waals surface area (Å²) in [5.74, 6) is 0.141. The first-order chi connectivity index (χ1) is 10.4. The first-order valence-electron chi connectivity index (χ1n) is 7.80. The third-order valence-corrected chi connectivity index (χ3v) is 3.86. The summed E-state index contributed by atoms with van der Waals surface area (Å²) in [5.41, 5.74) is 2.39. The highest BCUT2D eigenvalue weighted by Crippen LogP contribution is 2.24. The number of urea groups is 1. The number of fused-ring (bicyclic) bond motifs is 1. The largest absolute Gasteiger partial charge is 0.392 e. The second-order valence-electron chi connectivity index (χ2n) is 6.17. The molecule has 1 atom stereocenters. The molecule has 5 nitrogen and oxygen atoms in total. The number of hydrogen-bond donors (Lipinski definition) is 2. The van der Waals surface area contributed by atoms with Crippen molar-refractivity contribution in [3.8, 4) is 0 Å². The van der Waals surface area contributed by atoms with Crippen LogP contribution in [0.2, 0.25) is 0 Å². The third kappa shape index (κ3) is 3.85. The second-order valence-corrected chi connectivity index (χ2v) is 6.17. The van der Waals surface area contributed by atoms with Crippen molar-refractivity contribution < 1.29 is 14.7 Å². The van der Waals surface area contributed by atoms with Gasteiger partial charge >= 0.3 is 6.03 Å². The topological polar surface area (TPSA) is 69.6 Å². The lowest BCUT2D eigenvalue weighted by Crippen LogP contribution is -2.43. The smallest absolute Gasteiger partial charge is 0.322 e. The van der Waals surface area contributed by atoms with Crippen molar-refractivity contribution >= 4 is 17.5 Å². The number of amides is 2. The fourth-order valence-corrected chi connectivity index (χ4v) is 2.71. The van der Waals surface area contributed by atoms with Gasteiger partial charge in [-0.2, -0.15) is 0 Å². The molecule has 2 rings (SSSR count). The molecule has 1 unspecified atom stereocenters. The molecular formula is C17H24N2O3. The summed E-state index contributed by atoms with van der Waals surface area (Å²) in [4.78, 5) is 25.9. The Bertz CT molecular complexity index is 567. The van der Waals surface area contributed by atoms with E-state index in [1.54, 1.807) is 17.9 Å². The lowest BCUT2D eigenvalue weighted by Gasteiger charge is -2.28. The van der Waals surface area contributed by atoms with Crippen LogP contribution in [-0.4, -0.2) is 40.5 Å². The predicted octanol–water partition coefficient (Wildman–Crippen LogP) is 2.83. The number of anilines is 1. The van der Waals surface area contributed by atoms with Crippen molar-refractivity contribution in [1.29, 1.82) is 0 Å². The van der Waals surface area contributed by atoms with Gasteiger partial charge in [-0.05, 0) is 51.3 Å². The van der Waals surface area contributed by atoms with Crippen LogP contribution in [0.4, 0.5) is 10.5 Å². The molecule has 0 spiro atoms. The van der Waals surface area contributed by atoms with E-state index in [0.29, 0.717) is 12.1 Å². The first-order valence-corrected chi connectivity index (χ1v) is 7.80. The van der Waals surface area contributed by atoms with Gasteiger partial charge in [0.1, 0.15) is 0 Å². The Kier molecular flexibility index (Phi) is 5.19. The van der Waals surface area contributed by atoms with Crippen molar-refractivity contribution in [3.05, 3.63) is 29.3 Å². The lowest BCUT2D eigenvalue weighted by molar-refractivity contribution is 0.0972. The average molecular weight is 304 g/mol. The molecule has 120 valence electrons. The lowest BCUT2D eigenvalue weighted by atomic mass is 9.90. The molecule has 0 aliphatic heterocycles. The van der Waals surface area contributed by atoms with E-state index in [0.717, 1.165) is 24.0 Å². The minimum absolute atomic E-state index is 0.0196. The summed E-state index contributed by atoms with van der Waals surface area (Å²) in [5, 5.41) is 12.3. The van der Waals surface area contributed by atoms with E-state index in [-0.39, 0.29) is 24.4 Å². The molecule has 1 aliphatic carbocycles. The van der Waals surface area contributed by atoms with Crippen molar-refractivity contribution in [2.45, 2.75) is 52.2 Å². The molecule has 0 saturated carbocycles. The predicted molar refractivity (Wildman–Crippen MR) is 86.3 cm³/mol. The van der Waals surface area contributed by atoms with Gasteiger partial charge in [0.05, 0.1) is 6.10 Å². The summed E-state index contributed by atoms with van der Waals surface area (Å²) in [6.45, 7) is 5.73. The highest BCUT2D eigenvalue weighted by molar-refractivity contribution is 6.00. The summed E-state index contributed by atoms with van der Waals surface area (Å²) >= 11 is 0. The number of carbonyl (C=O) groups excluding carboxylic acids is 2. The Morgan fingerprint density at radius 2 is 2.05 bits per heavy atom. The van der Waals surface area contributed by atoms with Gasteiger partial charge in [0.25, 0.3) is 0 Å². The third-order valence-electron chi connectivity index (χ3n) is 3.86. The molecule has 0 fully saturated rings. The molecule has 1 aliphatic rings. The molecular weight excluding hydrogens is 280 g/mol. The van der Waals surface area contributed by atoms with E-state index in [2.05, 4.69) is 5.32 Å². The zero-order valence-electron chi connectivity index (χ0n) is 13.4. The molecule has 0 bridgehead atoms. The van der Waals surface area contributed by atoms with Gasteiger partial charge in [0.15, 0.2) is 5.78 Å². The molecule has 2 amide bonds. The van der Waals surface area contributed by atoms with Crippen LogP contribution in [0.15, 0.2) is 18.2 Å². The van der Waals surface area contributed by atoms with Gasteiger partial charge in [-0.1, -0.05) is 6.07 Å². The van der Waals surface area contributed by atoms with Crippen molar-refractivity contribution in [3.63, 3.8) is 0 Å². The van der Waals surface area contributed by atoms with Crippen LogP contribution in [0, 0.1) is 0 Å². The van der Waals surface area contributed by atoms with Gasteiger partial charge in [0, 0.05) is 30.3 Å². The quantitative estimate of drug-likeness (QED) is 0.898. The van der Waals surface area contributed by atoms with Crippen LogP contribution < -0.4 is 5.32 Å². The zero-order chi connectivity index (χ0) is 16.3. The van der Waals surface area contributed by atoms with Gasteiger partial charge in [0.2, 0.25) is 0 Å². The molecule has 1 aromatic carbocycles. The number of ketones is 1. The van der Waals surface area contributed by atoms with Crippen LogP contribution >= 0.6 is 0 Å². The highest BCUT2D eigenvalue weighted by Gasteiger charge is 2.21. The van der Waals surface area contributed by atoms with E-state index < -0.39 is 6.10 Å². The highest BCUT2D eigenvalue weighted by atomic mass is 16.3. The van der Waals surface area contributed by atoms with Crippen LogP contribution in [0.5, 0.6) is 0 Å². The van der Waals surface area contributed by atoms with E-state index in [4.69, 9.17) is 0 Å². The summed E-state index contributed by atoms with van der Waals surface area (Å²) in [6, 6.07) is 5.22. The number of carbonyl (C=O) groups is 2. The van der Waals surface area contributed by atoms with E-state index in [1.807, 2.05) is 26.0 Å². The molecule has 2 N–H and O–H groups in total. The fourth-order valence-electron chi connectivity index (χ4n) is 2.71.